The molecule has 0 saturated heterocycles. The maximum atomic E-state index is 10.8. The highest BCUT2D eigenvalue weighted by Crippen LogP contribution is 2.24. The van der Waals surface area contributed by atoms with E-state index in [0.29, 0.717) is 5.56 Å². The molecule has 0 fully saturated rings. The van der Waals surface area contributed by atoms with Crippen LogP contribution in [0, 0.1) is 10.1 Å². The second kappa shape index (κ2) is 6.19. The van der Waals surface area contributed by atoms with Gasteiger partial charge in [0.25, 0.3) is 5.69 Å². The Labute approximate surface area is 123 Å². The van der Waals surface area contributed by atoms with Crippen LogP contribution in [0.1, 0.15) is 15.9 Å². The number of rotatable bonds is 5. The molecule has 0 aliphatic heterocycles. The Bertz CT molecular complexity index is 705. The molecule has 21 heavy (non-hydrogen) atoms. The average molecular weight is 309 g/mol. The summed E-state index contributed by atoms with van der Waals surface area (Å²) in [5, 5.41) is 19.6. The molecular weight excluding hydrogens is 300 g/mol. The zero-order chi connectivity index (χ0) is 15.4. The quantitative estimate of drug-likeness (QED) is 0.673. The van der Waals surface area contributed by atoms with Crippen molar-refractivity contribution in [2.75, 3.05) is 0 Å². The van der Waals surface area contributed by atoms with Gasteiger partial charge in [0.05, 0.1) is 21.7 Å². The lowest BCUT2D eigenvalue weighted by molar-refractivity contribution is -0.384. The van der Waals surface area contributed by atoms with Gasteiger partial charge in [-0.1, -0.05) is 11.6 Å². The largest absolute Gasteiger partial charge is 0.487 e. The van der Waals surface area contributed by atoms with Gasteiger partial charge in [0, 0.05) is 23.9 Å². The minimum Gasteiger partial charge on any atom is -0.487 e. The summed E-state index contributed by atoms with van der Waals surface area (Å²) >= 11 is 5.93. The van der Waals surface area contributed by atoms with Gasteiger partial charge >= 0.3 is 5.97 Å². The van der Waals surface area contributed by atoms with Crippen LogP contribution in [0.4, 0.5) is 5.69 Å². The summed E-state index contributed by atoms with van der Waals surface area (Å²) in [6.07, 6.45) is 2.57. The van der Waals surface area contributed by atoms with Crippen molar-refractivity contribution in [1.82, 2.24) is 4.98 Å². The number of benzene rings is 1. The van der Waals surface area contributed by atoms with E-state index >= 15 is 0 Å². The van der Waals surface area contributed by atoms with Gasteiger partial charge in [-0.25, -0.2) is 4.79 Å². The summed E-state index contributed by atoms with van der Waals surface area (Å²) in [6, 6.07) is 5.35. The fourth-order valence-corrected chi connectivity index (χ4v) is 1.77. The molecule has 0 bridgehead atoms. The number of carboxylic acids is 1. The second-order valence-electron chi connectivity index (χ2n) is 4.04. The third kappa shape index (κ3) is 3.67. The number of halogens is 1. The smallest absolute Gasteiger partial charge is 0.337 e. The van der Waals surface area contributed by atoms with Gasteiger partial charge in [0.15, 0.2) is 0 Å². The molecule has 0 aliphatic rings. The molecule has 0 radical (unpaired) electrons. The van der Waals surface area contributed by atoms with Gasteiger partial charge in [-0.2, -0.15) is 0 Å². The highest BCUT2D eigenvalue weighted by Gasteiger charge is 2.10. The van der Waals surface area contributed by atoms with Crippen molar-refractivity contribution in [3.05, 3.63) is 62.9 Å². The van der Waals surface area contributed by atoms with E-state index in [0.717, 1.165) is 0 Å². The molecular formula is C13H9ClN2O5. The fraction of sp³-hybridized carbons (Fsp3) is 0.0769. The van der Waals surface area contributed by atoms with Crippen LogP contribution in [-0.2, 0) is 6.61 Å². The number of ether oxygens (including phenoxy) is 1. The predicted molar refractivity (Wildman–Crippen MR) is 73.6 cm³/mol. The highest BCUT2D eigenvalue weighted by molar-refractivity contribution is 6.31. The van der Waals surface area contributed by atoms with Crippen LogP contribution in [0.15, 0.2) is 36.7 Å². The maximum Gasteiger partial charge on any atom is 0.337 e. The van der Waals surface area contributed by atoms with Crippen LogP contribution in [0.3, 0.4) is 0 Å². The topological polar surface area (TPSA) is 103 Å². The summed E-state index contributed by atoms with van der Waals surface area (Å²) in [5.41, 5.74) is 0.434. The van der Waals surface area contributed by atoms with Crippen molar-refractivity contribution in [3.8, 4) is 5.75 Å². The molecule has 8 heteroatoms. The van der Waals surface area contributed by atoms with Crippen molar-refractivity contribution < 1.29 is 19.6 Å². The standard InChI is InChI=1S/C13H9ClN2O5/c14-12-4-10(16(19)20)2-1-8(12)7-21-11-3-9(13(17)18)5-15-6-11/h1-6H,7H2,(H,17,18). The Kier molecular flexibility index (Phi) is 4.34. The number of hydrogen-bond acceptors (Lipinski definition) is 5. The monoisotopic (exact) mass is 308 g/mol. The third-order valence-electron chi connectivity index (χ3n) is 2.60. The Morgan fingerprint density at radius 3 is 2.76 bits per heavy atom. The van der Waals surface area contributed by atoms with Crippen LogP contribution in [0.25, 0.3) is 0 Å². The van der Waals surface area contributed by atoms with Crippen molar-refractivity contribution in [2.24, 2.45) is 0 Å². The van der Waals surface area contributed by atoms with Crippen molar-refractivity contribution in [2.45, 2.75) is 6.61 Å². The van der Waals surface area contributed by atoms with E-state index in [-0.39, 0.29) is 28.6 Å². The molecule has 0 aliphatic carbocycles. The van der Waals surface area contributed by atoms with Gasteiger partial charge in [-0.05, 0) is 12.1 Å². The summed E-state index contributed by atoms with van der Waals surface area (Å²) in [4.78, 5) is 24.6. The Morgan fingerprint density at radius 2 is 2.14 bits per heavy atom. The maximum absolute atomic E-state index is 10.8. The number of carboxylic acid groups (broad SMARTS) is 1. The molecule has 1 heterocycles. The first kappa shape index (κ1) is 14.7. The van der Waals surface area contributed by atoms with E-state index in [2.05, 4.69) is 4.98 Å². The zero-order valence-electron chi connectivity index (χ0n) is 10.5. The van der Waals surface area contributed by atoms with Gasteiger partial charge in [0.2, 0.25) is 0 Å². The lowest BCUT2D eigenvalue weighted by Crippen LogP contribution is -2.01. The van der Waals surface area contributed by atoms with E-state index < -0.39 is 10.9 Å². The van der Waals surface area contributed by atoms with Crippen LogP contribution in [0.2, 0.25) is 5.02 Å². The molecule has 2 rings (SSSR count). The summed E-state index contributed by atoms with van der Waals surface area (Å²) in [6.45, 7) is 0.0432. The van der Waals surface area contributed by atoms with Crippen molar-refractivity contribution >= 4 is 23.3 Å². The number of pyridine rings is 1. The number of hydrogen-bond donors (Lipinski definition) is 1. The lowest BCUT2D eigenvalue weighted by Gasteiger charge is -2.07. The fourth-order valence-electron chi connectivity index (χ4n) is 1.54. The van der Waals surface area contributed by atoms with Gasteiger partial charge in [-0.15, -0.1) is 0 Å². The summed E-state index contributed by atoms with van der Waals surface area (Å²) in [5.74, 6) is -0.842. The van der Waals surface area contributed by atoms with Crippen LogP contribution in [0.5, 0.6) is 5.75 Å². The van der Waals surface area contributed by atoms with Crippen molar-refractivity contribution in [1.29, 1.82) is 0 Å². The number of nitro groups is 1. The second-order valence-corrected chi connectivity index (χ2v) is 4.44. The number of non-ortho nitro benzene ring substituents is 1. The van der Waals surface area contributed by atoms with Gasteiger partial charge < -0.3 is 9.84 Å². The average Bonchev–Trinajstić information content (AvgIpc) is 2.46. The third-order valence-corrected chi connectivity index (χ3v) is 2.95. The molecule has 7 nitrogen and oxygen atoms in total. The van der Waals surface area contributed by atoms with E-state index in [1.807, 2.05) is 0 Å². The van der Waals surface area contributed by atoms with E-state index in [9.17, 15) is 14.9 Å². The summed E-state index contributed by atoms with van der Waals surface area (Å²) < 4.78 is 5.38. The first-order valence-corrected chi connectivity index (χ1v) is 6.09. The molecule has 1 aromatic heterocycles. The molecule has 0 saturated carbocycles. The number of nitro benzene ring substituents is 1. The van der Waals surface area contributed by atoms with Crippen LogP contribution >= 0.6 is 11.6 Å². The van der Waals surface area contributed by atoms with Crippen LogP contribution in [-0.4, -0.2) is 21.0 Å². The van der Waals surface area contributed by atoms with Gasteiger partial charge in [-0.3, -0.25) is 15.1 Å². The van der Waals surface area contributed by atoms with E-state index in [1.54, 1.807) is 0 Å². The minimum atomic E-state index is -1.11. The molecule has 0 amide bonds. The van der Waals surface area contributed by atoms with Gasteiger partial charge in [0.1, 0.15) is 12.4 Å². The van der Waals surface area contributed by atoms with Crippen LogP contribution < -0.4 is 4.74 Å². The molecule has 0 unspecified atom stereocenters. The Morgan fingerprint density at radius 1 is 1.38 bits per heavy atom. The van der Waals surface area contributed by atoms with E-state index in [1.165, 1.54) is 36.7 Å². The Hall–Kier alpha value is -2.67. The number of aromatic carboxylic acids is 1. The number of aromatic nitrogens is 1. The molecule has 108 valence electrons. The molecule has 2 aromatic rings. The molecule has 0 spiro atoms. The molecule has 1 aromatic carbocycles. The zero-order valence-corrected chi connectivity index (χ0v) is 11.3. The predicted octanol–water partition coefficient (Wildman–Crippen LogP) is 2.92. The Balaban J connectivity index is 2.11. The first-order valence-electron chi connectivity index (χ1n) is 5.71. The van der Waals surface area contributed by atoms with E-state index in [4.69, 9.17) is 21.4 Å². The summed E-state index contributed by atoms with van der Waals surface area (Å²) in [7, 11) is 0. The number of nitrogens with zero attached hydrogens (tertiary/aromatic N) is 2. The highest BCUT2D eigenvalue weighted by atomic mass is 35.5. The molecule has 1 N–H and O–H groups in total. The van der Waals surface area contributed by atoms with Crippen molar-refractivity contribution in [3.63, 3.8) is 0 Å². The number of carbonyl (C=O) groups is 1. The SMILES string of the molecule is O=C(O)c1cncc(OCc2ccc([N+](=O)[O-])cc2Cl)c1. The molecule has 0 atom stereocenters. The normalized spacial score (nSPS) is 10.1. The first-order chi connectivity index (χ1) is 9.97. The minimum absolute atomic E-state index is 0.00213. The lowest BCUT2D eigenvalue weighted by atomic mass is 10.2.